The van der Waals surface area contributed by atoms with Crippen LogP contribution in [0.25, 0.3) is 6.08 Å². The minimum absolute atomic E-state index is 0.907. The highest BCUT2D eigenvalue weighted by Gasteiger charge is 2.05. The Balaban J connectivity index is 2.78. The largest absolute Gasteiger partial charge is 0.480 e. The van der Waals surface area contributed by atoms with Gasteiger partial charge in [-0.3, -0.25) is 4.79 Å². The third-order valence-electron chi connectivity index (χ3n) is 1.67. The van der Waals surface area contributed by atoms with Crippen LogP contribution in [-0.4, -0.2) is 17.1 Å². The molecule has 1 aromatic carbocycles. The van der Waals surface area contributed by atoms with Crippen molar-refractivity contribution in [3.8, 4) is 0 Å². The van der Waals surface area contributed by atoms with E-state index in [-0.39, 0.29) is 0 Å². The Hall–Kier alpha value is -1.13. The minimum Gasteiger partial charge on any atom is -0.480 e. The molecular formula is C10H10BrNO2. The number of benzene rings is 1. The van der Waals surface area contributed by atoms with Crippen molar-refractivity contribution in [1.82, 2.24) is 0 Å². The molecule has 1 rings (SSSR count). The molecule has 0 aromatic heterocycles. The molecule has 0 aliphatic carbocycles. The van der Waals surface area contributed by atoms with E-state index in [2.05, 4.69) is 15.9 Å². The molecule has 0 aliphatic rings. The molecule has 0 spiro atoms. The van der Waals surface area contributed by atoms with E-state index in [4.69, 9.17) is 10.8 Å². The van der Waals surface area contributed by atoms with E-state index in [1.54, 1.807) is 6.08 Å². The number of rotatable bonds is 3. The van der Waals surface area contributed by atoms with E-state index in [0.717, 1.165) is 10.0 Å². The van der Waals surface area contributed by atoms with Crippen molar-refractivity contribution in [3.63, 3.8) is 0 Å². The fourth-order valence-corrected chi connectivity index (χ4v) is 1.32. The molecule has 0 fully saturated rings. The molecule has 3 nitrogen and oxygen atoms in total. The maximum Gasteiger partial charge on any atom is 0.324 e. The van der Waals surface area contributed by atoms with Crippen LogP contribution in [0, 0.1) is 0 Å². The van der Waals surface area contributed by atoms with Crippen molar-refractivity contribution >= 4 is 28.0 Å². The van der Waals surface area contributed by atoms with Crippen LogP contribution in [0.5, 0.6) is 0 Å². The van der Waals surface area contributed by atoms with Gasteiger partial charge in [0.1, 0.15) is 6.04 Å². The molecule has 0 saturated heterocycles. The van der Waals surface area contributed by atoms with Crippen molar-refractivity contribution in [2.24, 2.45) is 5.73 Å². The number of carboxylic acids is 1. The molecule has 74 valence electrons. The van der Waals surface area contributed by atoms with Gasteiger partial charge >= 0.3 is 5.97 Å². The first-order valence-corrected chi connectivity index (χ1v) is 4.81. The van der Waals surface area contributed by atoms with E-state index in [1.807, 2.05) is 24.3 Å². The molecule has 0 heterocycles. The molecule has 0 saturated carbocycles. The highest BCUT2D eigenvalue weighted by Crippen LogP contribution is 2.17. The smallest absolute Gasteiger partial charge is 0.324 e. The summed E-state index contributed by atoms with van der Waals surface area (Å²) in [6.07, 6.45) is 3.13. The molecule has 1 unspecified atom stereocenters. The number of halogens is 1. The fraction of sp³-hybridized carbons (Fsp3) is 0.100. The number of carbonyl (C=O) groups is 1. The van der Waals surface area contributed by atoms with Crippen molar-refractivity contribution in [3.05, 3.63) is 40.4 Å². The lowest BCUT2D eigenvalue weighted by molar-refractivity contribution is -0.137. The Labute approximate surface area is 90.4 Å². The summed E-state index contributed by atoms with van der Waals surface area (Å²) in [7, 11) is 0. The molecular weight excluding hydrogens is 246 g/mol. The summed E-state index contributed by atoms with van der Waals surface area (Å²) in [5, 5.41) is 8.54. The summed E-state index contributed by atoms with van der Waals surface area (Å²) in [5.41, 5.74) is 6.22. The molecule has 1 atom stereocenters. The molecule has 14 heavy (non-hydrogen) atoms. The second-order valence-electron chi connectivity index (χ2n) is 2.74. The zero-order chi connectivity index (χ0) is 10.6. The van der Waals surface area contributed by atoms with Crippen molar-refractivity contribution in [2.45, 2.75) is 6.04 Å². The lowest BCUT2D eigenvalue weighted by Gasteiger charge is -1.99. The summed E-state index contributed by atoms with van der Waals surface area (Å²) < 4.78 is 0.911. The van der Waals surface area contributed by atoms with Crippen LogP contribution in [0.4, 0.5) is 0 Å². The van der Waals surface area contributed by atoms with E-state index >= 15 is 0 Å². The van der Waals surface area contributed by atoms with Crippen LogP contribution in [0.2, 0.25) is 0 Å². The fourth-order valence-electron chi connectivity index (χ4n) is 0.900. The van der Waals surface area contributed by atoms with Crippen LogP contribution in [0.1, 0.15) is 5.56 Å². The van der Waals surface area contributed by atoms with Gasteiger partial charge in [0.25, 0.3) is 0 Å². The predicted octanol–water partition coefficient (Wildman–Crippen LogP) is 1.87. The van der Waals surface area contributed by atoms with Crippen LogP contribution in [-0.2, 0) is 4.79 Å². The van der Waals surface area contributed by atoms with Gasteiger partial charge in [-0.05, 0) is 11.6 Å². The predicted molar refractivity (Wildman–Crippen MR) is 58.8 cm³/mol. The van der Waals surface area contributed by atoms with E-state index in [0.29, 0.717) is 0 Å². The quantitative estimate of drug-likeness (QED) is 0.867. The Morgan fingerprint density at radius 3 is 2.71 bits per heavy atom. The summed E-state index contributed by atoms with van der Waals surface area (Å²) in [6.45, 7) is 0. The SMILES string of the molecule is NC(/C=C/c1ccccc1Br)C(=O)O. The van der Waals surface area contributed by atoms with Crippen LogP contribution < -0.4 is 5.73 Å². The van der Waals surface area contributed by atoms with Crippen LogP contribution >= 0.6 is 15.9 Å². The maximum absolute atomic E-state index is 10.4. The molecule has 0 radical (unpaired) electrons. The molecule has 0 aliphatic heterocycles. The molecule has 0 amide bonds. The summed E-state index contributed by atoms with van der Waals surface area (Å²) in [6, 6.07) is 6.55. The normalized spacial score (nSPS) is 13.0. The third kappa shape index (κ3) is 2.97. The van der Waals surface area contributed by atoms with E-state index in [1.165, 1.54) is 6.08 Å². The highest BCUT2D eigenvalue weighted by atomic mass is 79.9. The van der Waals surface area contributed by atoms with E-state index in [9.17, 15) is 4.79 Å². The van der Waals surface area contributed by atoms with Gasteiger partial charge in [0.05, 0.1) is 0 Å². The van der Waals surface area contributed by atoms with Crippen LogP contribution in [0.15, 0.2) is 34.8 Å². The number of nitrogens with two attached hydrogens (primary N) is 1. The van der Waals surface area contributed by atoms with E-state index < -0.39 is 12.0 Å². The average Bonchev–Trinajstić information content (AvgIpc) is 2.16. The standard InChI is InChI=1S/C10H10BrNO2/c11-8-4-2-1-3-7(8)5-6-9(12)10(13)14/h1-6,9H,12H2,(H,13,14)/b6-5+. The first-order valence-electron chi connectivity index (χ1n) is 4.02. The highest BCUT2D eigenvalue weighted by molar-refractivity contribution is 9.10. The van der Waals surface area contributed by atoms with Crippen molar-refractivity contribution < 1.29 is 9.90 Å². The van der Waals surface area contributed by atoms with Gasteiger partial charge < -0.3 is 10.8 Å². The first-order chi connectivity index (χ1) is 6.61. The number of hydrogen-bond donors (Lipinski definition) is 2. The van der Waals surface area contributed by atoms with Gasteiger partial charge in [0.15, 0.2) is 0 Å². The molecule has 0 bridgehead atoms. The Morgan fingerprint density at radius 1 is 1.50 bits per heavy atom. The molecule has 3 N–H and O–H groups in total. The topological polar surface area (TPSA) is 63.3 Å². The number of carboxylic acid groups (broad SMARTS) is 1. The van der Waals surface area contributed by atoms with Gasteiger partial charge in [0, 0.05) is 4.47 Å². The zero-order valence-electron chi connectivity index (χ0n) is 7.35. The Kier molecular flexibility index (Phi) is 3.85. The number of aliphatic carboxylic acids is 1. The lowest BCUT2D eigenvalue weighted by atomic mass is 10.2. The average molecular weight is 256 g/mol. The molecule has 1 aromatic rings. The Bertz CT molecular complexity index is 363. The first kappa shape index (κ1) is 10.9. The minimum atomic E-state index is -1.03. The van der Waals surface area contributed by atoms with Gasteiger partial charge in [-0.15, -0.1) is 0 Å². The van der Waals surface area contributed by atoms with Gasteiger partial charge in [0.2, 0.25) is 0 Å². The second-order valence-corrected chi connectivity index (χ2v) is 3.60. The third-order valence-corrected chi connectivity index (χ3v) is 2.40. The second kappa shape index (κ2) is 4.93. The van der Waals surface area contributed by atoms with Crippen LogP contribution in [0.3, 0.4) is 0 Å². The summed E-state index contributed by atoms with van der Waals surface area (Å²) in [5.74, 6) is -1.03. The zero-order valence-corrected chi connectivity index (χ0v) is 8.94. The number of hydrogen-bond acceptors (Lipinski definition) is 2. The van der Waals surface area contributed by atoms with Crippen molar-refractivity contribution in [1.29, 1.82) is 0 Å². The van der Waals surface area contributed by atoms with Crippen molar-refractivity contribution in [2.75, 3.05) is 0 Å². The maximum atomic E-state index is 10.4. The lowest BCUT2D eigenvalue weighted by Crippen LogP contribution is -2.27. The Morgan fingerprint density at radius 2 is 2.14 bits per heavy atom. The molecule has 4 heteroatoms. The monoisotopic (exact) mass is 255 g/mol. The van der Waals surface area contributed by atoms with Gasteiger partial charge in [-0.1, -0.05) is 46.3 Å². The van der Waals surface area contributed by atoms with Gasteiger partial charge in [-0.2, -0.15) is 0 Å². The summed E-state index contributed by atoms with van der Waals surface area (Å²) >= 11 is 3.34. The van der Waals surface area contributed by atoms with Gasteiger partial charge in [-0.25, -0.2) is 0 Å². The summed E-state index contributed by atoms with van der Waals surface area (Å²) in [4.78, 5) is 10.4.